The van der Waals surface area contributed by atoms with Gasteiger partial charge in [-0.05, 0) is 36.7 Å². The highest BCUT2D eigenvalue weighted by atomic mass is 16.6. The summed E-state index contributed by atoms with van der Waals surface area (Å²) >= 11 is 0. The average molecular weight is 571 g/mol. The second kappa shape index (κ2) is 19.5. The van der Waals surface area contributed by atoms with Crippen LogP contribution in [0.3, 0.4) is 0 Å². The van der Waals surface area contributed by atoms with E-state index in [1.165, 1.54) is 76.2 Å². The lowest BCUT2D eigenvalue weighted by Crippen LogP contribution is -2.46. The molecule has 0 fully saturated rings. The summed E-state index contributed by atoms with van der Waals surface area (Å²) in [5.74, 6) is 1.33. The lowest BCUT2D eigenvalue weighted by molar-refractivity contribution is -0.123. The van der Waals surface area contributed by atoms with Crippen LogP contribution in [-0.4, -0.2) is 48.8 Å². The first kappa shape index (κ1) is 32.9. The number of ether oxygens (including phenoxy) is 2. The standard InChI is InChI=1S/C35H54N2O4.2H2/c1-3-4-5-6-7-8-9-10-11-12-13-14-18-21-34(38)36-31(28-37(2)27-29-19-16-15-17-20-29)35(39)30-22-23-32-33(26-30)41-25-24-40-32;;/h15-17,19-20,22-23,26,31,35,39H,3-14,18,21,24-25,27-28H2,1-2H3,(H,36,38);2*1H/t31-,35+;;/m1../s1. The molecule has 232 valence electrons. The molecule has 0 radical (unpaired) electrons. The van der Waals surface area contributed by atoms with Crippen LogP contribution >= 0.6 is 0 Å². The van der Waals surface area contributed by atoms with Gasteiger partial charge in [-0.2, -0.15) is 0 Å². The molecule has 0 spiro atoms. The van der Waals surface area contributed by atoms with Gasteiger partial charge in [-0.25, -0.2) is 0 Å². The number of carbonyl (C=O) groups excluding carboxylic acids is 1. The van der Waals surface area contributed by atoms with Crippen LogP contribution in [0.15, 0.2) is 48.5 Å². The minimum atomic E-state index is -0.861. The van der Waals surface area contributed by atoms with E-state index in [0.29, 0.717) is 43.2 Å². The zero-order valence-corrected chi connectivity index (χ0v) is 25.6. The summed E-state index contributed by atoms with van der Waals surface area (Å²) in [6, 6.07) is 15.3. The van der Waals surface area contributed by atoms with Crippen molar-refractivity contribution >= 4 is 5.91 Å². The highest BCUT2D eigenvalue weighted by Gasteiger charge is 2.26. The van der Waals surface area contributed by atoms with E-state index in [4.69, 9.17) is 9.47 Å². The molecule has 1 heterocycles. The molecule has 1 aliphatic heterocycles. The number of aliphatic hydroxyl groups excluding tert-OH is 1. The zero-order chi connectivity index (χ0) is 29.1. The molecule has 0 saturated carbocycles. The predicted octanol–water partition coefficient (Wildman–Crippen LogP) is 8.08. The molecule has 0 unspecified atom stereocenters. The number of likely N-dealkylation sites (N-methyl/N-ethyl adjacent to an activating group) is 1. The van der Waals surface area contributed by atoms with Gasteiger partial charge in [-0.1, -0.05) is 120 Å². The molecule has 3 rings (SSSR count). The van der Waals surface area contributed by atoms with Gasteiger partial charge >= 0.3 is 0 Å². The Kier molecular flexibility index (Phi) is 15.7. The monoisotopic (exact) mass is 570 g/mol. The Morgan fingerprint density at radius 1 is 0.854 bits per heavy atom. The molecule has 1 aliphatic rings. The quantitative estimate of drug-likeness (QED) is 0.148. The van der Waals surface area contributed by atoms with Crippen LogP contribution < -0.4 is 14.8 Å². The van der Waals surface area contributed by atoms with E-state index < -0.39 is 12.1 Å². The molecule has 6 nitrogen and oxygen atoms in total. The van der Waals surface area contributed by atoms with E-state index in [0.717, 1.165) is 19.4 Å². The Hall–Kier alpha value is -2.57. The summed E-state index contributed by atoms with van der Waals surface area (Å²) in [6.07, 6.45) is 16.3. The number of unbranched alkanes of at least 4 members (excludes halogenated alkanes) is 12. The van der Waals surface area contributed by atoms with Crippen molar-refractivity contribution in [1.29, 1.82) is 0 Å². The zero-order valence-electron chi connectivity index (χ0n) is 25.6. The van der Waals surface area contributed by atoms with Gasteiger partial charge in [-0.3, -0.25) is 9.69 Å². The van der Waals surface area contributed by atoms with Crippen LogP contribution in [0.1, 0.15) is 117 Å². The number of hydrogen-bond donors (Lipinski definition) is 2. The highest BCUT2D eigenvalue weighted by molar-refractivity contribution is 5.76. The van der Waals surface area contributed by atoms with E-state index in [1.807, 2.05) is 43.4 Å². The smallest absolute Gasteiger partial charge is 0.220 e. The van der Waals surface area contributed by atoms with Crippen molar-refractivity contribution in [3.63, 3.8) is 0 Å². The maximum Gasteiger partial charge on any atom is 0.220 e. The number of fused-ring (bicyclic) bond motifs is 1. The SMILES string of the molecule is CCCCCCCCCCCCCCCC(=O)N[C@H](CN(C)Cc1ccccc1)[C@@H](O)c1ccc2c(c1)OCCO2.[HH].[HH]. The normalized spacial score (nSPS) is 14.1. The van der Waals surface area contributed by atoms with Gasteiger partial charge in [0.1, 0.15) is 19.3 Å². The first-order valence-corrected chi connectivity index (χ1v) is 16.2. The third kappa shape index (κ3) is 12.9. The van der Waals surface area contributed by atoms with Gasteiger partial charge in [0.15, 0.2) is 11.5 Å². The number of benzene rings is 2. The fourth-order valence-electron chi connectivity index (χ4n) is 5.58. The molecule has 6 heteroatoms. The third-order valence-electron chi connectivity index (χ3n) is 7.95. The van der Waals surface area contributed by atoms with Crippen LogP contribution in [0, 0.1) is 0 Å². The van der Waals surface area contributed by atoms with E-state index in [9.17, 15) is 9.90 Å². The lowest BCUT2D eigenvalue weighted by Gasteiger charge is -2.30. The Balaban J connectivity index is 0.00000462. The third-order valence-corrected chi connectivity index (χ3v) is 7.95. The highest BCUT2D eigenvalue weighted by Crippen LogP contribution is 2.33. The Morgan fingerprint density at radius 2 is 1.44 bits per heavy atom. The largest absolute Gasteiger partial charge is 0.486 e. The van der Waals surface area contributed by atoms with E-state index >= 15 is 0 Å². The number of carbonyl (C=O) groups is 1. The van der Waals surface area contributed by atoms with Crippen molar-refractivity contribution < 1.29 is 22.2 Å². The lowest BCUT2D eigenvalue weighted by atomic mass is 10.00. The molecule has 0 aliphatic carbocycles. The summed E-state index contributed by atoms with van der Waals surface area (Å²) in [7, 11) is 2.02. The minimum absolute atomic E-state index is 0. The molecular weight excluding hydrogens is 512 g/mol. The van der Waals surface area contributed by atoms with Crippen molar-refractivity contribution in [2.75, 3.05) is 26.8 Å². The van der Waals surface area contributed by atoms with Crippen molar-refractivity contribution in [3.05, 3.63) is 59.7 Å². The summed E-state index contributed by atoms with van der Waals surface area (Å²) in [6.45, 7) is 4.54. The molecule has 2 aromatic carbocycles. The maximum atomic E-state index is 13.0. The Bertz CT molecular complexity index is 995. The van der Waals surface area contributed by atoms with Crippen LogP contribution in [0.4, 0.5) is 0 Å². The van der Waals surface area contributed by atoms with Crippen LogP contribution in [-0.2, 0) is 11.3 Å². The molecule has 0 bridgehead atoms. The summed E-state index contributed by atoms with van der Waals surface area (Å²) in [4.78, 5) is 15.1. The van der Waals surface area contributed by atoms with E-state index in [1.54, 1.807) is 0 Å². The summed E-state index contributed by atoms with van der Waals surface area (Å²) < 4.78 is 11.4. The molecule has 41 heavy (non-hydrogen) atoms. The van der Waals surface area contributed by atoms with Gasteiger partial charge in [0.05, 0.1) is 6.04 Å². The molecule has 2 aromatic rings. The van der Waals surface area contributed by atoms with E-state index in [2.05, 4.69) is 29.3 Å². The number of hydrogen-bond acceptors (Lipinski definition) is 5. The van der Waals surface area contributed by atoms with E-state index in [-0.39, 0.29) is 8.76 Å². The summed E-state index contributed by atoms with van der Waals surface area (Å²) in [5, 5.41) is 14.5. The number of nitrogens with one attached hydrogen (secondary N) is 1. The second-order valence-corrected chi connectivity index (χ2v) is 11.7. The van der Waals surface area contributed by atoms with Crippen molar-refractivity contribution in [2.24, 2.45) is 0 Å². The molecule has 0 aromatic heterocycles. The van der Waals surface area contributed by atoms with Gasteiger partial charge < -0.3 is 19.9 Å². The number of aliphatic hydroxyl groups is 1. The number of rotatable bonds is 21. The maximum absolute atomic E-state index is 13.0. The predicted molar refractivity (Wildman–Crippen MR) is 172 cm³/mol. The number of amides is 1. The topological polar surface area (TPSA) is 71.0 Å². The average Bonchev–Trinajstić information content (AvgIpc) is 2.99. The first-order chi connectivity index (χ1) is 20.1. The molecule has 0 saturated heterocycles. The van der Waals surface area contributed by atoms with Gasteiger partial charge in [0.2, 0.25) is 5.91 Å². The minimum Gasteiger partial charge on any atom is -0.486 e. The van der Waals surface area contributed by atoms with Crippen molar-refractivity contribution in [3.8, 4) is 11.5 Å². The molecule has 1 amide bonds. The fourth-order valence-corrected chi connectivity index (χ4v) is 5.58. The van der Waals surface area contributed by atoms with Crippen LogP contribution in [0.5, 0.6) is 11.5 Å². The summed E-state index contributed by atoms with van der Waals surface area (Å²) in [5.41, 5.74) is 1.91. The molecule has 2 N–H and O–H groups in total. The Morgan fingerprint density at radius 3 is 2.07 bits per heavy atom. The van der Waals surface area contributed by atoms with Crippen LogP contribution in [0.2, 0.25) is 0 Å². The van der Waals surface area contributed by atoms with Gasteiger partial charge in [0.25, 0.3) is 0 Å². The second-order valence-electron chi connectivity index (χ2n) is 11.7. The number of nitrogens with zero attached hydrogens (tertiary/aromatic N) is 1. The van der Waals surface area contributed by atoms with Crippen molar-refractivity contribution in [2.45, 2.75) is 116 Å². The molecule has 2 atom stereocenters. The Labute approximate surface area is 251 Å². The van der Waals surface area contributed by atoms with Crippen LogP contribution in [0.25, 0.3) is 0 Å². The molecular formula is C35H58N2O4. The van der Waals surface area contributed by atoms with Gasteiger partial charge in [0, 0.05) is 22.4 Å². The fraction of sp³-hybridized carbons (Fsp3) is 0.629. The van der Waals surface area contributed by atoms with Gasteiger partial charge in [-0.15, -0.1) is 0 Å². The first-order valence-electron chi connectivity index (χ1n) is 16.2. The van der Waals surface area contributed by atoms with Crippen molar-refractivity contribution in [1.82, 2.24) is 10.2 Å².